The van der Waals surface area contributed by atoms with Crippen molar-refractivity contribution in [2.75, 3.05) is 44.2 Å². The Bertz CT molecular complexity index is 772. The number of aliphatic hydroxyl groups excluding tert-OH is 1. The third-order valence-electron chi connectivity index (χ3n) is 7.97. The highest BCUT2D eigenvalue weighted by atomic mass is 19.4. The van der Waals surface area contributed by atoms with Gasteiger partial charge in [0.2, 0.25) is 0 Å². The number of ether oxygens (including phenoxy) is 1. The third-order valence-corrected chi connectivity index (χ3v) is 7.97. The number of hydrogen-bond acceptors (Lipinski definition) is 4. The first-order chi connectivity index (χ1) is 14.5. The maximum atomic E-state index is 13.0. The van der Waals surface area contributed by atoms with E-state index in [4.69, 9.17) is 4.74 Å². The lowest BCUT2D eigenvalue weighted by molar-refractivity contribution is -0.137. The van der Waals surface area contributed by atoms with Gasteiger partial charge in [-0.3, -0.25) is 4.90 Å². The van der Waals surface area contributed by atoms with Crippen LogP contribution in [0.4, 0.5) is 18.9 Å². The predicted octanol–water partition coefficient (Wildman–Crippen LogP) is 4.42. The molecule has 2 saturated carbocycles. The summed E-state index contributed by atoms with van der Waals surface area (Å²) >= 11 is 0. The first-order valence-electron chi connectivity index (χ1n) is 11.4. The number of halogens is 3. The molecular formula is C24H35F3N2O2. The second-order valence-electron chi connectivity index (χ2n) is 10.6. The summed E-state index contributed by atoms with van der Waals surface area (Å²) in [6.07, 6.45) is -0.990. The fourth-order valence-electron chi connectivity index (χ4n) is 6.30. The van der Waals surface area contributed by atoms with E-state index >= 15 is 0 Å². The number of aliphatic hydroxyl groups is 1. The first-order valence-corrected chi connectivity index (χ1v) is 11.4. The lowest BCUT2D eigenvalue weighted by atomic mass is 9.70. The average Bonchev–Trinajstić information content (AvgIpc) is 3.19. The highest BCUT2D eigenvalue weighted by molar-refractivity contribution is 5.49. The summed E-state index contributed by atoms with van der Waals surface area (Å²) in [7, 11) is 0. The number of alkyl halides is 3. The van der Waals surface area contributed by atoms with Gasteiger partial charge < -0.3 is 14.7 Å². The van der Waals surface area contributed by atoms with Gasteiger partial charge in [0.15, 0.2) is 0 Å². The quantitative estimate of drug-likeness (QED) is 0.711. The highest BCUT2D eigenvalue weighted by Crippen LogP contribution is 2.63. The van der Waals surface area contributed by atoms with Crippen LogP contribution in [0.15, 0.2) is 24.3 Å². The maximum Gasteiger partial charge on any atom is 0.416 e. The molecule has 0 amide bonds. The Morgan fingerprint density at radius 2 is 1.87 bits per heavy atom. The lowest BCUT2D eigenvalue weighted by Gasteiger charge is -2.43. The molecule has 1 N–H and O–H groups in total. The zero-order chi connectivity index (χ0) is 22.4. The molecule has 0 unspecified atom stereocenters. The van der Waals surface area contributed by atoms with Crippen LogP contribution in [0.1, 0.15) is 45.6 Å². The monoisotopic (exact) mass is 440 g/mol. The summed E-state index contributed by atoms with van der Waals surface area (Å²) in [5, 5.41) is 10.6. The smallest absolute Gasteiger partial charge is 0.389 e. The van der Waals surface area contributed by atoms with Crippen molar-refractivity contribution in [2.24, 2.45) is 16.7 Å². The van der Waals surface area contributed by atoms with Crippen molar-refractivity contribution in [3.05, 3.63) is 29.8 Å². The van der Waals surface area contributed by atoms with Crippen LogP contribution in [0, 0.1) is 16.7 Å². The van der Waals surface area contributed by atoms with Crippen LogP contribution in [-0.2, 0) is 10.9 Å². The average molecular weight is 441 g/mol. The zero-order valence-corrected chi connectivity index (χ0v) is 18.8. The van der Waals surface area contributed by atoms with Gasteiger partial charge in [-0.15, -0.1) is 0 Å². The second kappa shape index (κ2) is 8.23. The lowest BCUT2D eigenvalue weighted by Crippen LogP contribution is -2.50. The summed E-state index contributed by atoms with van der Waals surface area (Å²) < 4.78 is 45.2. The van der Waals surface area contributed by atoms with Gasteiger partial charge >= 0.3 is 6.18 Å². The van der Waals surface area contributed by atoms with E-state index in [9.17, 15) is 18.3 Å². The molecule has 4 rings (SSSR count). The maximum absolute atomic E-state index is 13.0. The molecular weight excluding hydrogens is 405 g/mol. The molecule has 7 heteroatoms. The second-order valence-corrected chi connectivity index (χ2v) is 10.6. The fraction of sp³-hybridized carbons (Fsp3) is 0.750. The molecule has 0 aromatic heterocycles. The van der Waals surface area contributed by atoms with Crippen molar-refractivity contribution in [1.29, 1.82) is 0 Å². The van der Waals surface area contributed by atoms with Crippen LogP contribution < -0.4 is 4.90 Å². The number of hydrogen-bond donors (Lipinski definition) is 1. The molecule has 2 bridgehead atoms. The minimum absolute atomic E-state index is 0.156. The van der Waals surface area contributed by atoms with Crippen LogP contribution in [0.5, 0.6) is 0 Å². The van der Waals surface area contributed by atoms with Crippen molar-refractivity contribution in [3.63, 3.8) is 0 Å². The van der Waals surface area contributed by atoms with E-state index < -0.39 is 17.8 Å². The molecule has 1 aliphatic heterocycles. The minimum atomic E-state index is -4.33. The van der Waals surface area contributed by atoms with Crippen molar-refractivity contribution in [3.8, 4) is 0 Å². The zero-order valence-electron chi connectivity index (χ0n) is 18.8. The van der Waals surface area contributed by atoms with Gasteiger partial charge in [-0.25, -0.2) is 0 Å². The Balaban J connectivity index is 1.25. The molecule has 1 aromatic rings. The molecule has 3 aliphatic rings. The molecule has 3 fully saturated rings. The minimum Gasteiger partial charge on any atom is -0.389 e. The predicted molar refractivity (Wildman–Crippen MR) is 115 cm³/mol. The first kappa shape index (κ1) is 22.9. The van der Waals surface area contributed by atoms with Crippen LogP contribution in [0.2, 0.25) is 0 Å². The van der Waals surface area contributed by atoms with Gasteiger partial charge in [0.1, 0.15) is 0 Å². The molecule has 1 saturated heterocycles. The largest absolute Gasteiger partial charge is 0.416 e. The Morgan fingerprint density at radius 1 is 1.16 bits per heavy atom. The number of rotatable bonds is 6. The number of nitrogens with zero attached hydrogens (tertiary/aromatic N) is 2. The molecule has 31 heavy (non-hydrogen) atoms. The normalized spacial score (nSPS) is 31.9. The van der Waals surface area contributed by atoms with Crippen LogP contribution in [-0.4, -0.2) is 61.5 Å². The van der Waals surface area contributed by atoms with E-state index in [2.05, 4.69) is 25.7 Å². The van der Waals surface area contributed by atoms with Crippen molar-refractivity contribution < 1.29 is 23.0 Å². The van der Waals surface area contributed by atoms with E-state index in [1.165, 1.54) is 31.4 Å². The van der Waals surface area contributed by atoms with E-state index in [0.29, 0.717) is 50.9 Å². The molecule has 1 heterocycles. The van der Waals surface area contributed by atoms with Gasteiger partial charge in [-0.2, -0.15) is 13.2 Å². The summed E-state index contributed by atoms with van der Waals surface area (Å²) in [5.74, 6) is 0.712. The van der Waals surface area contributed by atoms with Gasteiger partial charge in [0, 0.05) is 38.4 Å². The number of β-amino-alcohol motifs (C(OH)–C–C–N with tert-alkyl or cyclic N) is 1. The van der Waals surface area contributed by atoms with Crippen molar-refractivity contribution in [2.45, 2.75) is 58.4 Å². The Kier molecular flexibility index (Phi) is 6.07. The van der Waals surface area contributed by atoms with Crippen LogP contribution >= 0.6 is 0 Å². The summed E-state index contributed by atoms with van der Waals surface area (Å²) in [5.41, 5.74) is 0.371. The molecule has 0 radical (unpaired) electrons. The topological polar surface area (TPSA) is 35.9 Å². The van der Waals surface area contributed by atoms with Gasteiger partial charge in [0.25, 0.3) is 0 Å². The fourth-order valence-corrected chi connectivity index (χ4v) is 6.30. The number of benzene rings is 1. The Morgan fingerprint density at radius 3 is 2.48 bits per heavy atom. The molecule has 1 aromatic carbocycles. The molecule has 4 nitrogen and oxygen atoms in total. The van der Waals surface area contributed by atoms with E-state index in [1.807, 2.05) is 4.90 Å². The molecule has 174 valence electrons. The standard InChI is InChI=1S/C24H35F3N2O2/c1-22(2)18-7-8-23(3,14-18)21(22)31-16-20(30)15-28-9-11-29(12-10-28)19-6-4-5-17(13-19)24(25,26)27/h4-6,13,18,20-21,30H,7-12,14-16H2,1-3H3/t18-,20-,21-,23+/m0/s1. The Labute approximate surface area is 183 Å². The van der Waals surface area contributed by atoms with E-state index in [-0.39, 0.29) is 16.9 Å². The van der Waals surface area contributed by atoms with Gasteiger partial charge in [-0.05, 0) is 54.2 Å². The van der Waals surface area contributed by atoms with E-state index in [0.717, 1.165) is 6.07 Å². The highest BCUT2D eigenvalue weighted by Gasteiger charge is 2.60. The van der Waals surface area contributed by atoms with Crippen LogP contribution in [0.25, 0.3) is 0 Å². The van der Waals surface area contributed by atoms with Crippen LogP contribution in [0.3, 0.4) is 0 Å². The van der Waals surface area contributed by atoms with Gasteiger partial charge in [0.05, 0.1) is 24.4 Å². The SMILES string of the molecule is CC1(C)[C@H]2CC[C@](C)(C2)[C@H]1OC[C@@H](O)CN1CCN(c2cccc(C(F)(F)F)c2)CC1. The summed E-state index contributed by atoms with van der Waals surface area (Å²) in [6.45, 7) is 10.5. The van der Waals surface area contributed by atoms with Crippen molar-refractivity contribution in [1.82, 2.24) is 4.90 Å². The van der Waals surface area contributed by atoms with Gasteiger partial charge in [-0.1, -0.05) is 26.8 Å². The number of fused-ring (bicyclic) bond motifs is 2. The molecule has 2 aliphatic carbocycles. The van der Waals surface area contributed by atoms with Crippen molar-refractivity contribution >= 4 is 5.69 Å². The number of anilines is 1. The molecule has 0 spiro atoms. The van der Waals surface area contributed by atoms with E-state index in [1.54, 1.807) is 6.07 Å². The Hall–Kier alpha value is -1.31. The third kappa shape index (κ3) is 4.60. The summed E-state index contributed by atoms with van der Waals surface area (Å²) in [4.78, 5) is 4.15. The number of piperazine rings is 1. The summed E-state index contributed by atoms with van der Waals surface area (Å²) in [6, 6.07) is 5.51. The molecule has 4 atom stereocenters.